The molecule has 210 valence electrons. The number of hydrogen-bond acceptors (Lipinski definition) is 4. The van der Waals surface area contributed by atoms with Gasteiger partial charge >= 0.3 is 0 Å². The molecule has 1 aliphatic rings. The standard InChI is InChI=1S/C32H41N7O/c1-22-20-39(31(40)29(33)18-23-12-13-24-7-2-3-8-25(24)17-23)27(9-6-15-36-32(34)35)21-38(22)16-14-26-19-37-30-11-5-4-10-28(26)30/h2-5,7-8,10-13,17,19,22,27,29,37H,6,9,14-16,18,20-21,33H2,1H3,(H4,34,35,36)/t22-,27?,29+/m1/s1. The number of fused-ring (bicyclic) bond motifs is 2. The summed E-state index contributed by atoms with van der Waals surface area (Å²) in [5, 5.41) is 3.62. The number of nitrogens with two attached hydrogens (primary N) is 3. The molecular weight excluding hydrogens is 498 g/mol. The van der Waals surface area contributed by atoms with Crippen LogP contribution in [0.1, 0.15) is 30.9 Å². The number of carbonyl (C=O) groups is 1. The quantitative estimate of drug-likeness (QED) is 0.139. The summed E-state index contributed by atoms with van der Waals surface area (Å²) in [6.45, 7) is 5.15. The van der Waals surface area contributed by atoms with Crippen molar-refractivity contribution in [2.45, 2.75) is 50.7 Å². The molecule has 40 heavy (non-hydrogen) atoms. The number of aromatic nitrogens is 1. The Kier molecular flexibility index (Phi) is 8.67. The summed E-state index contributed by atoms with van der Waals surface area (Å²) >= 11 is 0. The second-order valence-electron chi connectivity index (χ2n) is 11.0. The molecule has 1 amide bonds. The average molecular weight is 540 g/mol. The first-order valence-corrected chi connectivity index (χ1v) is 14.3. The van der Waals surface area contributed by atoms with Crippen molar-refractivity contribution in [1.82, 2.24) is 14.8 Å². The number of aliphatic imine (C=N–C) groups is 1. The number of benzene rings is 3. The molecule has 3 atom stereocenters. The van der Waals surface area contributed by atoms with E-state index in [-0.39, 0.29) is 24.0 Å². The number of rotatable bonds is 10. The lowest BCUT2D eigenvalue weighted by Gasteiger charge is -2.46. The van der Waals surface area contributed by atoms with Crippen molar-refractivity contribution in [3.05, 3.63) is 84.1 Å². The van der Waals surface area contributed by atoms with Crippen molar-refractivity contribution in [3.8, 4) is 0 Å². The maximum absolute atomic E-state index is 13.8. The second kappa shape index (κ2) is 12.5. The molecule has 8 nitrogen and oxygen atoms in total. The van der Waals surface area contributed by atoms with Crippen LogP contribution in [0, 0.1) is 0 Å². The Morgan fingerprint density at radius 1 is 1.05 bits per heavy atom. The molecule has 2 heterocycles. The molecule has 1 aromatic heterocycles. The number of hydrogen-bond donors (Lipinski definition) is 4. The van der Waals surface area contributed by atoms with Crippen molar-refractivity contribution in [1.29, 1.82) is 0 Å². The van der Waals surface area contributed by atoms with Gasteiger partial charge in [-0.15, -0.1) is 0 Å². The third-order valence-corrected chi connectivity index (χ3v) is 8.17. The van der Waals surface area contributed by atoms with Crippen LogP contribution in [0.3, 0.4) is 0 Å². The maximum atomic E-state index is 13.8. The first-order valence-electron chi connectivity index (χ1n) is 14.3. The fourth-order valence-electron chi connectivity index (χ4n) is 5.98. The number of nitrogens with zero attached hydrogens (tertiary/aromatic N) is 3. The van der Waals surface area contributed by atoms with Gasteiger partial charge in [-0.05, 0) is 60.6 Å². The lowest BCUT2D eigenvalue weighted by atomic mass is 9.98. The predicted octanol–water partition coefficient (Wildman–Crippen LogP) is 3.39. The van der Waals surface area contributed by atoms with Crippen LogP contribution >= 0.6 is 0 Å². The van der Waals surface area contributed by atoms with Gasteiger partial charge in [-0.25, -0.2) is 0 Å². The molecule has 1 unspecified atom stereocenters. The summed E-state index contributed by atoms with van der Waals surface area (Å²) in [5.74, 6) is 0.117. The minimum Gasteiger partial charge on any atom is -0.370 e. The fraction of sp³-hybridized carbons (Fsp3) is 0.375. The summed E-state index contributed by atoms with van der Waals surface area (Å²) < 4.78 is 0. The lowest BCUT2D eigenvalue weighted by molar-refractivity contribution is -0.139. The number of aromatic amines is 1. The first kappa shape index (κ1) is 27.7. The van der Waals surface area contributed by atoms with E-state index in [2.05, 4.69) is 82.6 Å². The highest BCUT2D eigenvalue weighted by Gasteiger charge is 2.35. The number of nitrogens with one attached hydrogen (secondary N) is 1. The largest absolute Gasteiger partial charge is 0.370 e. The summed E-state index contributed by atoms with van der Waals surface area (Å²) in [5.41, 5.74) is 21.2. The lowest BCUT2D eigenvalue weighted by Crippen LogP contribution is -2.62. The molecule has 0 radical (unpaired) electrons. The fourth-order valence-corrected chi connectivity index (χ4v) is 5.98. The van der Waals surface area contributed by atoms with Gasteiger partial charge in [0, 0.05) is 55.4 Å². The first-order chi connectivity index (χ1) is 19.4. The summed E-state index contributed by atoms with van der Waals surface area (Å²) in [7, 11) is 0. The van der Waals surface area contributed by atoms with Gasteiger partial charge in [-0.3, -0.25) is 14.7 Å². The van der Waals surface area contributed by atoms with Gasteiger partial charge in [0.25, 0.3) is 0 Å². The van der Waals surface area contributed by atoms with Crippen LogP contribution in [0.5, 0.6) is 0 Å². The third-order valence-electron chi connectivity index (χ3n) is 8.17. The Labute approximate surface area is 236 Å². The van der Waals surface area contributed by atoms with Gasteiger partial charge in [0.15, 0.2) is 5.96 Å². The highest BCUT2D eigenvalue weighted by Crippen LogP contribution is 2.24. The minimum atomic E-state index is -0.591. The Morgan fingerprint density at radius 2 is 1.82 bits per heavy atom. The number of piperazine rings is 1. The second-order valence-corrected chi connectivity index (χ2v) is 11.0. The van der Waals surface area contributed by atoms with Crippen molar-refractivity contribution < 1.29 is 4.79 Å². The van der Waals surface area contributed by atoms with Gasteiger partial charge in [0.05, 0.1) is 6.04 Å². The van der Waals surface area contributed by atoms with Gasteiger partial charge in [-0.1, -0.05) is 60.7 Å². The molecule has 0 aliphatic carbocycles. The number of amides is 1. The molecule has 4 aromatic rings. The monoisotopic (exact) mass is 539 g/mol. The Hall–Kier alpha value is -3.88. The number of H-pyrrole nitrogens is 1. The maximum Gasteiger partial charge on any atom is 0.240 e. The SMILES string of the molecule is C[C@@H]1CN(C(=O)[C@@H](N)Cc2ccc3ccccc3c2)C(CCCN=C(N)N)CN1CCc1c[nH]c2ccccc12. The molecule has 1 fully saturated rings. The Bertz CT molecular complexity index is 1470. The Morgan fingerprint density at radius 3 is 2.65 bits per heavy atom. The zero-order valence-corrected chi connectivity index (χ0v) is 23.3. The zero-order chi connectivity index (χ0) is 28.1. The normalized spacial score (nSPS) is 18.7. The summed E-state index contributed by atoms with van der Waals surface area (Å²) in [4.78, 5) is 25.8. The average Bonchev–Trinajstić information content (AvgIpc) is 3.37. The summed E-state index contributed by atoms with van der Waals surface area (Å²) in [6.07, 6.45) is 5.20. The van der Waals surface area contributed by atoms with E-state index in [0.717, 1.165) is 43.3 Å². The topological polar surface area (TPSA) is 130 Å². The van der Waals surface area contributed by atoms with E-state index in [9.17, 15) is 4.79 Å². The van der Waals surface area contributed by atoms with Crippen LogP contribution < -0.4 is 17.2 Å². The highest BCUT2D eigenvalue weighted by molar-refractivity contribution is 5.85. The van der Waals surface area contributed by atoms with Crippen LogP contribution in [0.2, 0.25) is 0 Å². The number of para-hydroxylation sites is 1. The predicted molar refractivity (Wildman–Crippen MR) is 164 cm³/mol. The van der Waals surface area contributed by atoms with E-state index in [1.165, 1.54) is 21.9 Å². The van der Waals surface area contributed by atoms with E-state index < -0.39 is 6.04 Å². The van der Waals surface area contributed by atoms with Crippen molar-refractivity contribution in [3.63, 3.8) is 0 Å². The minimum absolute atomic E-state index is 0.0168. The molecule has 1 saturated heterocycles. The van der Waals surface area contributed by atoms with Crippen molar-refractivity contribution in [2.24, 2.45) is 22.2 Å². The number of carbonyl (C=O) groups excluding carboxylic acids is 1. The van der Waals surface area contributed by atoms with Gasteiger partial charge in [-0.2, -0.15) is 0 Å². The smallest absolute Gasteiger partial charge is 0.240 e. The number of guanidine groups is 1. The molecule has 7 N–H and O–H groups in total. The third kappa shape index (κ3) is 6.46. The molecule has 3 aromatic carbocycles. The van der Waals surface area contributed by atoms with Crippen molar-refractivity contribution >= 4 is 33.5 Å². The van der Waals surface area contributed by atoms with Crippen LogP contribution in [-0.2, 0) is 17.6 Å². The van der Waals surface area contributed by atoms with Crippen LogP contribution in [0.15, 0.2) is 77.9 Å². The van der Waals surface area contributed by atoms with E-state index in [1.54, 1.807) is 0 Å². The van der Waals surface area contributed by atoms with E-state index in [1.807, 2.05) is 17.0 Å². The van der Waals surface area contributed by atoms with Crippen molar-refractivity contribution in [2.75, 3.05) is 26.2 Å². The highest BCUT2D eigenvalue weighted by atomic mass is 16.2. The van der Waals surface area contributed by atoms with Crippen LogP contribution in [0.4, 0.5) is 0 Å². The van der Waals surface area contributed by atoms with E-state index >= 15 is 0 Å². The molecule has 0 bridgehead atoms. The molecule has 8 heteroatoms. The van der Waals surface area contributed by atoms with Gasteiger partial charge in [0.1, 0.15) is 0 Å². The molecule has 5 rings (SSSR count). The molecule has 0 spiro atoms. The molecular formula is C32H41N7O. The van der Waals surface area contributed by atoms with Crippen LogP contribution in [0.25, 0.3) is 21.7 Å². The van der Waals surface area contributed by atoms with E-state index in [4.69, 9.17) is 17.2 Å². The molecule has 1 aliphatic heterocycles. The Balaban J connectivity index is 1.27. The van der Waals surface area contributed by atoms with Gasteiger partial charge < -0.3 is 27.1 Å². The van der Waals surface area contributed by atoms with Crippen LogP contribution in [-0.4, -0.2) is 71.0 Å². The summed E-state index contributed by atoms with van der Waals surface area (Å²) in [6, 6.07) is 22.7. The van der Waals surface area contributed by atoms with E-state index in [0.29, 0.717) is 19.5 Å². The molecule has 0 saturated carbocycles. The van der Waals surface area contributed by atoms with Gasteiger partial charge in [0.2, 0.25) is 5.91 Å². The zero-order valence-electron chi connectivity index (χ0n) is 23.3.